The summed E-state index contributed by atoms with van der Waals surface area (Å²) in [6.45, 7) is 16.9. The van der Waals surface area contributed by atoms with Crippen LogP contribution in [0.3, 0.4) is 0 Å². The van der Waals surface area contributed by atoms with Gasteiger partial charge in [-0.15, -0.1) is 0 Å². The van der Waals surface area contributed by atoms with E-state index in [-0.39, 0.29) is 51.4 Å². The summed E-state index contributed by atoms with van der Waals surface area (Å²) in [6.07, 6.45) is 5.74. The molecule has 2 bridgehead atoms. The third kappa shape index (κ3) is 11.7. The molecule has 2 rings (SSSR count). The van der Waals surface area contributed by atoms with Gasteiger partial charge in [-0.3, -0.25) is 4.18 Å². The average Bonchev–Trinajstić information content (AvgIpc) is 3.12. The standard InChI is InChI=1S/C14H32O2Si3.C3H5F3NO5S2.K/c1-17(2,3)15-19(7,16-18(4,5)6)14-11-12-8-9-13(14)10-12;1-2-12-14(10,11)7-13(8,9)3(4,5)6;/h12-14H,8-11H2,1-7H3;2H2,1H3;/q;-1;+1. The van der Waals surface area contributed by atoms with Gasteiger partial charge < -0.3 is 12.4 Å². The summed E-state index contributed by atoms with van der Waals surface area (Å²) in [4.78, 5) is 0. The topological polar surface area (TPSA) is 110 Å². The van der Waals surface area contributed by atoms with E-state index in [0.717, 1.165) is 24.3 Å². The molecule has 2 aliphatic rings. The molecule has 17 heteroatoms. The zero-order chi connectivity index (χ0) is 26.1. The minimum absolute atomic E-state index is 0. The molecule has 0 N–H and O–H groups in total. The van der Waals surface area contributed by atoms with Crippen molar-refractivity contribution in [3.63, 3.8) is 0 Å². The van der Waals surface area contributed by atoms with Crippen LogP contribution in [0.4, 0.5) is 13.2 Å². The molecule has 0 aromatic heterocycles. The van der Waals surface area contributed by atoms with Crippen molar-refractivity contribution in [3.05, 3.63) is 4.13 Å². The second-order valence-corrected chi connectivity index (χ2v) is 26.5. The fourth-order valence-corrected chi connectivity index (χ4v) is 19.8. The van der Waals surface area contributed by atoms with E-state index < -0.39 is 57.6 Å². The number of sulfonamides is 1. The molecule has 2 saturated carbocycles. The van der Waals surface area contributed by atoms with Gasteiger partial charge in [-0.1, -0.05) is 12.8 Å². The van der Waals surface area contributed by atoms with Gasteiger partial charge in [0.05, 0.1) is 6.61 Å². The van der Waals surface area contributed by atoms with E-state index in [1.807, 2.05) is 0 Å². The summed E-state index contributed by atoms with van der Waals surface area (Å²) in [6, 6.07) is 0. The number of halogens is 3. The first-order valence-corrected chi connectivity index (χ1v) is 22.9. The van der Waals surface area contributed by atoms with E-state index >= 15 is 0 Å². The number of fused-ring (bicyclic) bond motifs is 2. The summed E-state index contributed by atoms with van der Waals surface area (Å²) in [7, 11) is -16.2. The number of hydrogen-bond acceptors (Lipinski definition) is 7. The number of nitrogens with zero attached hydrogens (tertiary/aromatic N) is 1. The summed E-state index contributed by atoms with van der Waals surface area (Å²) < 4.78 is 94.8. The van der Waals surface area contributed by atoms with E-state index in [0.29, 0.717) is 0 Å². The van der Waals surface area contributed by atoms with Crippen molar-refractivity contribution in [2.75, 3.05) is 6.61 Å². The molecule has 3 atom stereocenters. The zero-order valence-corrected chi connectivity index (χ0v) is 29.3. The van der Waals surface area contributed by atoms with Crippen molar-refractivity contribution in [1.29, 1.82) is 0 Å². The van der Waals surface area contributed by atoms with Gasteiger partial charge in [-0.05, 0) is 77.4 Å². The first-order chi connectivity index (χ1) is 14.5. The van der Waals surface area contributed by atoms with Crippen molar-refractivity contribution in [2.24, 2.45) is 11.8 Å². The van der Waals surface area contributed by atoms with Crippen LogP contribution in [-0.4, -0.2) is 54.1 Å². The van der Waals surface area contributed by atoms with E-state index in [1.54, 1.807) is 4.13 Å². The van der Waals surface area contributed by atoms with Crippen LogP contribution in [-0.2, 0) is 32.7 Å². The Bertz CT molecular complexity index is 862. The monoisotopic (exact) mass is 611 g/mol. The molecule has 2 aliphatic carbocycles. The molecule has 0 spiro atoms. The van der Waals surface area contributed by atoms with Crippen LogP contribution in [0.1, 0.15) is 32.6 Å². The number of alkyl halides is 3. The van der Waals surface area contributed by atoms with Gasteiger partial charge >= 0.3 is 65.5 Å². The quantitative estimate of drug-likeness (QED) is 0.369. The van der Waals surface area contributed by atoms with Crippen LogP contribution in [0.25, 0.3) is 4.13 Å². The predicted molar refractivity (Wildman–Crippen MR) is 129 cm³/mol. The molecular weight excluding hydrogens is 575 g/mol. The minimum atomic E-state index is -6.07. The van der Waals surface area contributed by atoms with Crippen molar-refractivity contribution >= 4 is 45.5 Å². The second kappa shape index (κ2) is 12.8. The molecule has 198 valence electrons. The Labute approximate surface area is 248 Å². The summed E-state index contributed by atoms with van der Waals surface area (Å²) in [5.41, 5.74) is -4.98. The van der Waals surface area contributed by atoms with Crippen molar-refractivity contribution in [2.45, 2.75) is 89.5 Å². The first kappa shape index (κ1) is 35.8. The van der Waals surface area contributed by atoms with E-state index in [2.05, 4.69) is 50.0 Å². The van der Waals surface area contributed by atoms with Crippen LogP contribution in [0, 0.1) is 11.8 Å². The molecule has 0 amide bonds. The smallest absolute Gasteiger partial charge is 0.436 e. The predicted octanol–water partition coefficient (Wildman–Crippen LogP) is 2.45. The molecule has 0 heterocycles. The van der Waals surface area contributed by atoms with Gasteiger partial charge in [0.2, 0.25) is 10.3 Å². The average molecular weight is 612 g/mol. The molecule has 2 fully saturated rings. The Hall–Kier alpha value is 1.82. The normalized spacial score (nSPS) is 23.8. The van der Waals surface area contributed by atoms with E-state index in [4.69, 9.17) is 8.23 Å². The molecule has 0 aromatic carbocycles. The molecule has 34 heavy (non-hydrogen) atoms. The third-order valence-electron chi connectivity index (χ3n) is 5.18. The Kier molecular flexibility index (Phi) is 13.5. The zero-order valence-electron chi connectivity index (χ0n) is 21.5. The Balaban J connectivity index is 0.000000654. The Morgan fingerprint density at radius 2 is 1.35 bits per heavy atom. The maximum absolute atomic E-state index is 11.6. The molecular formula is C17H37F3KNO7S2Si3. The van der Waals surface area contributed by atoms with Crippen molar-refractivity contribution < 1.29 is 93.8 Å². The fraction of sp³-hybridized carbons (Fsp3) is 1.00. The first-order valence-electron chi connectivity index (χ1n) is 10.9. The van der Waals surface area contributed by atoms with Crippen LogP contribution in [0.5, 0.6) is 0 Å². The van der Waals surface area contributed by atoms with Gasteiger partial charge in [0.25, 0.3) is 0 Å². The van der Waals surface area contributed by atoms with Gasteiger partial charge in [0.1, 0.15) is 0 Å². The maximum Gasteiger partial charge on any atom is 1.00 e. The maximum atomic E-state index is 11.6. The number of rotatable bonds is 9. The van der Waals surface area contributed by atoms with Gasteiger partial charge in [-0.2, -0.15) is 13.2 Å². The van der Waals surface area contributed by atoms with Crippen molar-refractivity contribution in [1.82, 2.24) is 0 Å². The van der Waals surface area contributed by atoms with Crippen LogP contribution in [0.15, 0.2) is 0 Å². The van der Waals surface area contributed by atoms with Crippen LogP contribution in [0.2, 0.25) is 51.4 Å². The fourth-order valence-electron chi connectivity index (χ4n) is 4.61. The van der Waals surface area contributed by atoms with Crippen LogP contribution >= 0.6 is 0 Å². The molecule has 0 saturated heterocycles. The Morgan fingerprint density at radius 3 is 1.65 bits per heavy atom. The molecule has 8 nitrogen and oxygen atoms in total. The van der Waals surface area contributed by atoms with Gasteiger partial charge in [0.15, 0.2) is 26.7 Å². The third-order valence-corrected chi connectivity index (χ3v) is 18.0. The van der Waals surface area contributed by atoms with E-state index in [9.17, 15) is 30.0 Å². The van der Waals surface area contributed by atoms with Crippen molar-refractivity contribution in [3.8, 4) is 0 Å². The minimum Gasteiger partial charge on any atom is -0.436 e. The second-order valence-electron chi connectivity index (χ2n) is 10.6. The van der Waals surface area contributed by atoms with Gasteiger partial charge in [0, 0.05) is 5.54 Å². The van der Waals surface area contributed by atoms with Crippen LogP contribution < -0.4 is 51.4 Å². The molecule has 3 unspecified atom stereocenters. The summed E-state index contributed by atoms with van der Waals surface area (Å²) >= 11 is 0. The largest absolute Gasteiger partial charge is 1.00 e. The Morgan fingerprint density at radius 1 is 0.882 bits per heavy atom. The molecule has 0 aromatic rings. The molecule has 0 radical (unpaired) electrons. The number of hydrogen-bond donors (Lipinski definition) is 0. The summed E-state index contributed by atoms with van der Waals surface area (Å²) in [5.74, 6) is 1.90. The van der Waals surface area contributed by atoms with Gasteiger partial charge in [-0.25, -0.2) is 16.8 Å². The van der Waals surface area contributed by atoms with E-state index in [1.165, 1.54) is 25.7 Å². The summed E-state index contributed by atoms with van der Waals surface area (Å²) in [5, 5.41) is 0. The molecule has 0 aliphatic heterocycles. The SMILES string of the molecule is CCOS(=O)(=O)[N-]S(=O)(=O)C(F)(F)F.C[Si](C)(C)O[Si](C)(O[Si](C)(C)C)C1CC2CCC1C2.[K+].